The Morgan fingerprint density at radius 2 is 1.74 bits per heavy atom. The fraction of sp³-hybridized carbons (Fsp3) is 0.345. The number of aromatic amines is 1. The Morgan fingerprint density at radius 1 is 0.941 bits per heavy atom. The van der Waals surface area contributed by atoms with Gasteiger partial charge in [0.05, 0.1) is 6.61 Å². The van der Waals surface area contributed by atoms with Gasteiger partial charge >= 0.3 is 0 Å². The van der Waals surface area contributed by atoms with Gasteiger partial charge in [-0.05, 0) is 36.6 Å². The van der Waals surface area contributed by atoms with E-state index in [-0.39, 0.29) is 1.43 Å². The normalized spacial score (nSPS) is 15.2. The van der Waals surface area contributed by atoms with E-state index in [0.29, 0.717) is 0 Å². The van der Waals surface area contributed by atoms with Crippen molar-refractivity contribution in [3.63, 3.8) is 0 Å². The van der Waals surface area contributed by atoms with Gasteiger partial charge in [-0.25, -0.2) is 4.98 Å². The lowest BCUT2D eigenvalue weighted by atomic mass is 10.0. The Labute approximate surface area is 203 Å². The van der Waals surface area contributed by atoms with Gasteiger partial charge in [-0.2, -0.15) is 0 Å². The number of aromatic nitrogens is 2. The molecule has 0 saturated carbocycles. The first-order valence-corrected chi connectivity index (χ1v) is 12.4. The molecule has 2 aromatic carbocycles. The summed E-state index contributed by atoms with van der Waals surface area (Å²) >= 11 is 0. The first-order valence-electron chi connectivity index (χ1n) is 12.4. The number of pyridine rings is 1. The molecule has 0 atom stereocenters. The number of nitrogens with one attached hydrogen (secondary N) is 1. The number of rotatable bonds is 8. The minimum Gasteiger partial charge on any atom is -0.380 e. The molecule has 5 nitrogen and oxygen atoms in total. The van der Waals surface area contributed by atoms with Crippen LogP contribution in [0.15, 0.2) is 67.0 Å². The summed E-state index contributed by atoms with van der Waals surface area (Å²) in [6.07, 6.45) is 4.03. The van der Waals surface area contributed by atoms with E-state index in [9.17, 15) is 0 Å². The van der Waals surface area contributed by atoms with Crippen LogP contribution in [-0.4, -0.2) is 65.7 Å². The van der Waals surface area contributed by atoms with Crippen LogP contribution in [0, 0.1) is 6.92 Å². The third kappa shape index (κ3) is 5.22. The molecular formula is C29H36N4O. The first kappa shape index (κ1) is 22.8. The third-order valence-corrected chi connectivity index (χ3v) is 6.77. The number of benzene rings is 2. The number of fused-ring (bicyclic) bond motifs is 1. The van der Waals surface area contributed by atoms with E-state index in [1.165, 1.54) is 27.8 Å². The Kier molecular flexibility index (Phi) is 7.05. The number of H-pyrrole nitrogens is 1. The minimum atomic E-state index is 0. The molecule has 1 saturated heterocycles. The van der Waals surface area contributed by atoms with Crippen LogP contribution < -0.4 is 0 Å². The molecule has 0 aliphatic carbocycles. The van der Waals surface area contributed by atoms with Gasteiger partial charge in [0.15, 0.2) is 0 Å². The van der Waals surface area contributed by atoms with Crippen LogP contribution in [0.2, 0.25) is 0 Å². The van der Waals surface area contributed by atoms with Crippen LogP contribution in [0.25, 0.3) is 33.3 Å². The van der Waals surface area contributed by atoms with Crippen molar-refractivity contribution in [2.45, 2.75) is 20.4 Å². The lowest BCUT2D eigenvalue weighted by Gasteiger charge is -2.34. The Hall–Kier alpha value is -2.99. The molecule has 2 aromatic heterocycles. The van der Waals surface area contributed by atoms with E-state index in [1.54, 1.807) is 0 Å². The smallest absolute Gasteiger partial charge is 0.137 e. The van der Waals surface area contributed by atoms with Gasteiger partial charge in [0.1, 0.15) is 5.65 Å². The fourth-order valence-corrected chi connectivity index (χ4v) is 4.78. The van der Waals surface area contributed by atoms with Crippen LogP contribution in [-0.2, 0) is 11.3 Å². The molecule has 5 heteroatoms. The van der Waals surface area contributed by atoms with Crippen LogP contribution in [0.3, 0.4) is 0 Å². The molecule has 0 amide bonds. The molecule has 3 heterocycles. The van der Waals surface area contributed by atoms with E-state index < -0.39 is 0 Å². The highest BCUT2D eigenvalue weighted by Gasteiger charge is 2.17. The zero-order chi connectivity index (χ0) is 23.3. The second-order valence-electron chi connectivity index (χ2n) is 9.20. The van der Waals surface area contributed by atoms with Gasteiger partial charge < -0.3 is 9.72 Å². The highest BCUT2D eigenvalue weighted by Crippen LogP contribution is 2.31. The van der Waals surface area contributed by atoms with Gasteiger partial charge in [-0.15, -0.1) is 0 Å². The van der Waals surface area contributed by atoms with Gasteiger partial charge in [0, 0.05) is 76.2 Å². The molecule has 178 valence electrons. The van der Waals surface area contributed by atoms with E-state index in [4.69, 9.17) is 9.72 Å². The van der Waals surface area contributed by atoms with Crippen molar-refractivity contribution >= 4 is 11.0 Å². The summed E-state index contributed by atoms with van der Waals surface area (Å²) in [6, 6.07) is 19.9. The molecule has 0 unspecified atom stereocenters. The Morgan fingerprint density at radius 3 is 2.50 bits per heavy atom. The molecule has 5 rings (SSSR count). The monoisotopic (exact) mass is 456 g/mol. The largest absolute Gasteiger partial charge is 0.380 e. The summed E-state index contributed by atoms with van der Waals surface area (Å²) in [4.78, 5) is 13.1. The second-order valence-corrected chi connectivity index (χ2v) is 9.20. The van der Waals surface area contributed by atoms with E-state index in [2.05, 4.69) is 89.4 Å². The van der Waals surface area contributed by atoms with Crippen LogP contribution in [0.1, 0.15) is 19.5 Å². The summed E-state index contributed by atoms with van der Waals surface area (Å²) in [5.74, 6) is 0. The quantitative estimate of drug-likeness (QED) is 0.350. The summed E-state index contributed by atoms with van der Waals surface area (Å²) in [7, 11) is 0. The summed E-state index contributed by atoms with van der Waals surface area (Å²) < 4.78 is 5.50. The van der Waals surface area contributed by atoms with Gasteiger partial charge in [-0.1, -0.05) is 54.1 Å². The predicted octanol–water partition coefficient (Wildman–Crippen LogP) is 5.61. The number of nitrogens with zero attached hydrogens (tertiary/aromatic N) is 3. The molecule has 1 fully saturated rings. The second kappa shape index (κ2) is 10.5. The number of piperazine rings is 1. The average Bonchev–Trinajstić information content (AvgIpc) is 3.29. The Balaban J connectivity index is 0.00000289. The van der Waals surface area contributed by atoms with Crippen LogP contribution in [0.5, 0.6) is 0 Å². The van der Waals surface area contributed by atoms with Crippen molar-refractivity contribution in [3.05, 3.63) is 78.1 Å². The molecule has 4 aromatic rings. The highest BCUT2D eigenvalue weighted by molar-refractivity contribution is 5.95. The van der Waals surface area contributed by atoms with Gasteiger partial charge in [0.2, 0.25) is 0 Å². The highest BCUT2D eigenvalue weighted by atomic mass is 16.5. The summed E-state index contributed by atoms with van der Waals surface area (Å²) in [5, 5.41) is 1.16. The molecule has 0 spiro atoms. The standard InChI is InChI=1S/C29H34N4O.H2/c1-3-34-16-15-32-11-13-33(14-12-32)21-23-7-9-24(10-8-23)26-18-27-28(20-31-29(27)30-19-26)25-6-4-5-22(2)17-25;/h4-10,17-20H,3,11-16,21H2,1-2H3,(H,30,31);1H. The molecule has 0 radical (unpaired) electrons. The zero-order valence-electron chi connectivity index (χ0n) is 20.3. The van der Waals surface area contributed by atoms with Crippen LogP contribution >= 0.6 is 0 Å². The molecule has 1 N–H and O–H groups in total. The minimum absolute atomic E-state index is 0. The number of hydrogen-bond donors (Lipinski definition) is 1. The lowest BCUT2D eigenvalue weighted by Crippen LogP contribution is -2.46. The number of aryl methyl sites for hydroxylation is 1. The molecule has 0 bridgehead atoms. The fourth-order valence-electron chi connectivity index (χ4n) is 4.78. The van der Waals surface area contributed by atoms with E-state index >= 15 is 0 Å². The zero-order valence-corrected chi connectivity index (χ0v) is 20.3. The van der Waals surface area contributed by atoms with E-state index in [1.807, 2.05) is 6.20 Å². The topological polar surface area (TPSA) is 44.4 Å². The van der Waals surface area contributed by atoms with Crippen LogP contribution in [0.4, 0.5) is 0 Å². The third-order valence-electron chi connectivity index (χ3n) is 6.77. The molecule has 1 aliphatic heterocycles. The first-order chi connectivity index (χ1) is 16.7. The maximum atomic E-state index is 5.50. The Bertz CT molecular complexity index is 1230. The van der Waals surface area contributed by atoms with Gasteiger partial charge in [-0.3, -0.25) is 9.80 Å². The van der Waals surface area contributed by atoms with E-state index in [0.717, 1.165) is 69.1 Å². The SMILES string of the molecule is CCOCCN1CCN(Cc2ccc(-c3cnc4[nH]cc(-c5cccc(C)c5)c4c3)cc2)CC1.[HH]. The van der Waals surface area contributed by atoms with Crippen molar-refractivity contribution < 1.29 is 6.16 Å². The van der Waals surface area contributed by atoms with Crippen molar-refractivity contribution in [1.29, 1.82) is 0 Å². The number of ether oxygens (including phenoxy) is 1. The van der Waals surface area contributed by atoms with Crippen molar-refractivity contribution in [3.8, 4) is 22.3 Å². The summed E-state index contributed by atoms with van der Waals surface area (Å²) in [5.41, 5.74) is 8.33. The maximum absolute atomic E-state index is 5.50. The van der Waals surface area contributed by atoms with Crippen molar-refractivity contribution in [1.82, 2.24) is 19.8 Å². The molecular weight excluding hydrogens is 420 g/mol. The van der Waals surface area contributed by atoms with Crippen molar-refractivity contribution in [2.75, 3.05) is 45.9 Å². The molecule has 1 aliphatic rings. The molecule has 34 heavy (non-hydrogen) atoms. The van der Waals surface area contributed by atoms with Crippen molar-refractivity contribution in [2.24, 2.45) is 0 Å². The lowest BCUT2D eigenvalue weighted by molar-refractivity contribution is 0.0786. The average molecular weight is 457 g/mol. The van der Waals surface area contributed by atoms with Gasteiger partial charge in [0.25, 0.3) is 0 Å². The predicted molar refractivity (Wildman–Crippen MR) is 142 cm³/mol. The number of hydrogen-bond acceptors (Lipinski definition) is 4. The summed E-state index contributed by atoms with van der Waals surface area (Å²) in [6.45, 7) is 12.4. The maximum Gasteiger partial charge on any atom is 0.137 e.